The van der Waals surface area contributed by atoms with E-state index in [4.69, 9.17) is 28.6 Å². The second kappa shape index (κ2) is 7.49. The standard InChI is InChI=1S/C17H17Cl2N3O/c1-10(2)11-6-8-12(9-7-11)21-17(20)22-16(23)13-4-3-5-14(18)15(13)19/h3-10H,1-2H3,(H3,20,21,22,23). The maximum Gasteiger partial charge on any atom is 0.259 e. The van der Waals surface area contributed by atoms with Crippen LogP contribution in [0.2, 0.25) is 10.0 Å². The van der Waals surface area contributed by atoms with E-state index >= 15 is 0 Å². The normalized spacial score (nSPS) is 10.5. The SMILES string of the molecule is CC(C)c1ccc(NC(=N)NC(=O)c2cccc(Cl)c2Cl)cc1. The Bertz CT molecular complexity index is 727. The van der Waals surface area contributed by atoms with Crippen LogP contribution in [0.3, 0.4) is 0 Å². The lowest BCUT2D eigenvalue weighted by Gasteiger charge is -2.12. The summed E-state index contributed by atoms with van der Waals surface area (Å²) in [5.74, 6) is -0.190. The monoisotopic (exact) mass is 349 g/mol. The summed E-state index contributed by atoms with van der Waals surface area (Å²) < 4.78 is 0. The second-order valence-corrected chi connectivity index (χ2v) is 6.12. The van der Waals surface area contributed by atoms with Crippen molar-refractivity contribution in [1.82, 2.24) is 5.32 Å². The molecule has 0 bridgehead atoms. The summed E-state index contributed by atoms with van der Waals surface area (Å²) in [6.07, 6.45) is 0. The number of halogens is 2. The van der Waals surface area contributed by atoms with Gasteiger partial charge >= 0.3 is 0 Å². The number of benzene rings is 2. The molecule has 120 valence electrons. The lowest BCUT2D eigenvalue weighted by molar-refractivity contribution is 0.0977. The van der Waals surface area contributed by atoms with Crippen molar-refractivity contribution in [3.8, 4) is 0 Å². The molecule has 0 spiro atoms. The highest BCUT2D eigenvalue weighted by Gasteiger charge is 2.14. The average Bonchev–Trinajstić information content (AvgIpc) is 2.50. The van der Waals surface area contributed by atoms with Crippen molar-refractivity contribution in [2.24, 2.45) is 0 Å². The molecular formula is C17H17Cl2N3O. The van der Waals surface area contributed by atoms with E-state index in [2.05, 4.69) is 24.5 Å². The van der Waals surface area contributed by atoms with Crippen molar-refractivity contribution in [2.45, 2.75) is 19.8 Å². The van der Waals surface area contributed by atoms with Gasteiger partial charge in [-0.25, -0.2) is 0 Å². The second-order valence-electron chi connectivity index (χ2n) is 5.33. The van der Waals surface area contributed by atoms with E-state index < -0.39 is 5.91 Å². The zero-order chi connectivity index (χ0) is 17.0. The van der Waals surface area contributed by atoms with Gasteiger partial charge in [0, 0.05) is 5.69 Å². The fraction of sp³-hybridized carbons (Fsp3) is 0.176. The summed E-state index contributed by atoms with van der Waals surface area (Å²) in [7, 11) is 0. The van der Waals surface area contributed by atoms with Crippen molar-refractivity contribution in [1.29, 1.82) is 5.41 Å². The van der Waals surface area contributed by atoms with Crippen LogP contribution in [0.25, 0.3) is 0 Å². The number of anilines is 1. The molecule has 0 atom stereocenters. The van der Waals surface area contributed by atoms with Crippen LogP contribution in [0.1, 0.15) is 35.7 Å². The van der Waals surface area contributed by atoms with Gasteiger partial charge in [0.25, 0.3) is 5.91 Å². The van der Waals surface area contributed by atoms with Crippen LogP contribution in [-0.4, -0.2) is 11.9 Å². The van der Waals surface area contributed by atoms with Crippen molar-refractivity contribution in [3.63, 3.8) is 0 Å². The van der Waals surface area contributed by atoms with Crippen LogP contribution < -0.4 is 10.6 Å². The highest BCUT2D eigenvalue weighted by molar-refractivity contribution is 6.44. The Morgan fingerprint density at radius 3 is 2.35 bits per heavy atom. The van der Waals surface area contributed by atoms with Gasteiger partial charge in [0.05, 0.1) is 15.6 Å². The molecule has 6 heteroatoms. The average molecular weight is 350 g/mol. The van der Waals surface area contributed by atoms with Crippen LogP contribution in [0.15, 0.2) is 42.5 Å². The molecule has 0 aliphatic rings. The Morgan fingerprint density at radius 1 is 1.09 bits per heavy atom. The topological polar surface area (TPSA) is 65.0 Å². The van der Waals surface area contributed by atoms with Gasteiger partial charge < -0.3 is 5.32 Å². The van der Waals surface area contributed by atoms with Gasteiger partial charge in [-0.1, -0.05) is 55.2 Å². The molecule has 0 aromatic heterocycles. The fourth-order valence-electron chi connectivity index (χ4n) is 1.99. The Kier molecular flexibility index (Phi) is 5.64. The first-order valence-corrected chi connectivity index (χ1v) is 7.85. The van der Waals surface area contributed by atoms with Gasteiger partial charge in [-0.15, -0.1) is 0 Å². The fourth-order valence-corrected chi connectivity index (χ4v) is 2.37. The number of guanidine groups is 1. The molecule has 0 heterocycles. The predicted molar refractivity (Wildman–Crippen MR) is 95.8 cm³/mol. The van der Waals surface area contributed by atoms with E-state index in [-0.39, 0.29) is 16.5 Å². The quantitative estimate of drug-likeness (QED) is 0.545. The molecule has 0 aliphatic carbocycles. The molecule has 3 N–H and O–H groups in total. The van der Waals surface area contributed by atoms with E-state index in [1.807, 2.05) is 24.3 Å². The van der Waals surface area contributed by atoms with Crippen molar-refractivity contribution in [3.05, 3.63) is 63.6 Å². The molecule has 0 aliphatic heterocycles. The zero-order valence-corrected chi connectivity index (χ0v) is 14.3. The van der Waals surface area contributed by atoms with Gasteiger partial charge in [0.1, 0.15) is 0 Å². The van der Waals surface area contributed by atoms with Crippen molar-refractivity contribution < 1.29 is 4.79 Å². The summed E-state index contributed by atoms with van der Waals surface area (Å²) in [5, 5.41) is 13.6. The highest BCUT2D eigenvalue weighted by Crippen LogP contribution is 2.25. The van der Waals surface area contributed by atoms with Gasteiger partial charge in [-0.05, 0) is 35.7 Å². The van der Waals surface area contributed by atoms with Gasteiger partial charge in [0.2, 0.25) is 0 Å². The maximum absolute atomic E-state index is 12.1. The summed E-state index contributed by atoms with van der Waals surface area (Å²) in [5.41, 5.74) is 2.15. The van der Waals surface area contributed by atoms with E-state index in [0.717, 1.165) is 5.69 Å². The molecule has 1 amide bonds. The van der Waals surface area contributed by atoms with E-state index in [0.29, 0.717) is 10.9 Å². The van der Waals surface area contributed by atoms with Gasteiger partial charge in [-0.3, -0.25) is 15.5 Å². The Hall–Kier alpha value is -2.04. The molecule has 2 aromatic carbocycles. The molecule has 2 aromatic rings. The number of hydrogen-bond donors (Lipinski definition) is 3. The molecule has 23 heavy (non-hydrogen) atoms. The number of carbonyl (C=O) groups excluding carboxylic acids is 1. The first kappa shape index (κ1) is 17.3. The maximum atomic E-state index is 12.1. The third kappa shape index (κ3) is 4.47. The smallest absolute Gasteiger partial charge is 0.259 e. The minimum Gasteiger partial charge on any atom is -0.326 e. The minimum atomic E-state index is -0.492. The third-order valence-electron chi connectivity index (χ3n) is 3.28. The first-order chi connectivity index (χ1) is 10.9. The lowest BCUT2D eigenvalue weighted by Crippen LogP contribution is -2.35. The van der Waals surface area contributed by atoms with E-state index in [9.17, 15) is 4.79 Å². The first-order valence-electron chi connectivity index (χ1n) is 7.09. The van der Waals surface area contributed by atoms with Crippen LogP contribution in [0.5, 0.6) is 0 Å². The number of carbonyl (C=O) groups is 1. The molecule has 0 saturated heterocycles. The van der Waals surface area contributed by atoms with Crippen LogP contribution >= 0.6 is 23.2 Å². The molecule has 4 nitrogen and oxygen atoms in total. The van der Waals surface area contributed by atoms with E-state index in [1.54, 1.807) is 18.2 Å². The molecular weight excluding hydrogens is 333 g/mol. The lowest BCUT2D eigenvalue weighted by atomic mass is 10.0. The molecule has 0 radical (unpaired) electrons. The van der Waals surface area contributed by atoms with Crippen molar-refractivity contribution >= 4 is 40.8 Å². The number of rotatable bonds is 3. The molecule has 0 unspecified atom stereocenters. The summed E-state index contributed by atoms with van der Waals surface area (Å²) in [4.78, 5) is 12.1. The third-order valence-corrected chi connectivity index (χ3v) is 4.10. The molecule has 0 saturated carbocycles. The summed E-state index contributed by atoms with van der Waals surface area (Å²) >= 11 is 11.9. The summed E-state index contributed by atoms with van der Waals surface area (Å²) in [6, 6.07) is 12.5. The highest BCUT2D eigenvalue weighted by atomic mass is 35.5. The number of amides is 1. The number of nitrogens with one attached hydrogen (secondary N) is 3. The van der Waals surface area contributed by atoms with Crippen LogP contribution in [0, 0.1) is 5.41 Å². The van der Waals surface area contributed by atoms with Crippen molar-refractivity contribution in [2.75, 3.05) is 5.32 Å². The molecule has 0 fully saturated rings. The predicted octanol–water partition coefficient (Wildman–Crippen LogP) is 4.89. The van der Waals surface area contributed by atoms with Gasteiger partial charge in [-0.2, -0.15) is 0 Å². The van der Waals surface area contributed by atoms with E-state index in [1.165, 1.54) is 5.56 Å². The Balaban J connectivity index is 2.01. The Labute approximate surface area is 145 Å². The zero-order valence-electron chi connectivity index (χ0n) is 12.8. The van der Waals surface area contributed by atoms with Crippen LogP contribution in [0.4, 0.5) is 5.69 Å². The minimum absolute atomic E-state index is 0.136. The number of hydrogen-bond acceptors (Lipinski definition) is 2. The van der Waals surface area contributed by atoms with Crippen LogP contribution in [-0.2, 0) is 0 Å². The Morgan fingerprint density at radius 2 is 1.74 bits per heavy atom. The summed E-state index contributed by atoms with van der Waals surface area (Å²) in [6.45, 7) is 4.22. The largest absolute Gasteiger partial charge is 0.326 e. The molecule has 2 rings (SSSR count). The van der Waals surface area contributed by atoms with Gasteiger partial charge in [0.15, 0.2) is 5.96 Å².